The van der Waals surface area contributed by atoms with E-state index in [0.717, 1.165) is 0 Å². The minimum absolute atomic E-state index is 0.213. The molecular formula is C5H12BN. The molecule has 1 atom stereocenters. The van der Waals surface area contributed by atoms with Gasteiger partial charge in [0.25, 0.3) is 0 Å². The Kier molecular flexibility index (Phi) is 2.76. The van der Waals surface area contributed by atoms with Crippen LogP contribution in [0.5, 0.6) is 0 Å². The molecule has 0 bridgehead atoms. The SMILES string of the molecule is B/C(C)=C\C(C)N. The van der Waals surface area contributed by atoms with Crippen molar-refractivity contribution >= 4 is 7.85 Å². The lowest BCUT2D eigenvalue weighted by atomic mass is 9.96. The molecule has 0 aliphatic carbocycles. The van der Waals surface area contributed by atoms with E-state index in [9.17, 15) is 0 Å². The van der Waals surface area contributed by atoms with Crippen molar-refractivity contribution in [1.29, 1.82) is 0 Å². The second-order valence-corrected chi connectivity index (χ2v) is 2.10. The monoisotopic (exact) mass is 97.1 g/mol. The summed E-state index contributed by atoms with van der Waals surface area (Å²) in [5, 5.41) is 0. The van der Waals surface area contributed by atoms with Gasteiger partial charge in [0.1, 0.15) is 7.85 Å². The highest BCUT2D eigenvalue weighted by Crippen LogP contribution is 1.84. The third-order valence-corrected chi connectivity index (χ3v) is 0.596. The topological polar surface area (TPSA) is 26.0 Å². The molecule has 0 heterocycles. The van der Waals surface area contributed by atoms with Crippen molar-refractivity contribution in [3.63, 3.8) is 0 Å². The molecule has 0 fully saturated rings. The molecule has 2 N–H and O–H groups in total. The highest BCUT2D eigenvalue weighted by atomic mass is 14.6. The fraction of sp³-hybridized carbons (Fsp3) is 0.600. The van der Waals surface area contributed by atoms with Crippen LogP contribution < -0.4 is 5.73 Å². The average molecular weight is 97.0 g/mol. The van der Waals surface area contributed by atoms with Crippen LogP contribution in [-0.2, 0) is 0 Å². The van der Waals surface area contributed by atoms with Gasteiger partial charge in [0, 0.05) is 6.04 Å². The van der Waals surface area contributed by atoms with Crippen molar-refractivity contribution in [3.8, 4) is 0 Å². The fourth-order valence-corrected chi connectivity index (χ4v) is 0.526. The summed E-state index contributed by atoms with van der Waals surface area (Å²) in [4.78, 5) is 0. The molecule has 1 nitrogen and oxygen atoms in total. The lowest BCUT2D eigenvalue weighted by Gasteiger charge is -1.94. The molecule has 0 saturated carbocycles. The Labute approximate surface area is 46.0 Å². The second kappa shape index (κ2) is 2.86. The standard InChI is InChI=1S/C5H12BN/c1-4(6)3-5(2)7/h3,5H,6-7H2,1-2H3/b4-3-. The van der Waals surface area contributed by atoms with Gasteiger partial charge in [-0.05, 0) is 6.92 Å². The summed E-state index contributed by atoms with van der Waals surface area (Å²) < 4.78 is 0. The Balaban J connectivity index is 3.45. The molecule has 0 rings (SSSR count). The summed E-state index contributed by atoms with van der Waals surface area (Å²) in [5.74, 6) is 0. The van der Waals surface area contributed by atoms with E-state index in [0.29, 0.717) is 0 Å². The molecule has 40 valence electrons. The molecular weight excluding hydrogens is 84.9 g/mol. The number of hydrogen-bond donors (Lipinski definition) is 1. The minimum atomic E-state index is 0.213. The first kappa shape index (κ1) is 6.76. The van der Waals surface area contributed by atoms with Crippen LogP contribution in [0.15, 0.2) is 11.5 Å². The Morgan fingerprint density at radius 2 is 2.29 bits per heavy atom. The van der Waals surface area contributed by atoms with Gasteiger partial charge in [-0.3, -0.25) is 0 Å². The van der Waals surface area contributed by atoms with Crippen LogP contribution in [0, 0.1) is 0 Å². The summed E-state index contributed by atoms with van der Waals surface area (Å²) in [6, 6.07) is 0.213. The molecule has 0 amide bonds. The molecule has 0 aromatic heterocycles. The van der Waals surface area contributed by atoms with Gasteiger partial charge in [-0.25, -0.2) is 0 Å². The van der Waals surface area contributed by atoms with Crippen molar-refractivity contribution in [2.24, 2.45) is 5.73 Å². The van der Waals surface area contributed by atoms with Gasteiger partial charge >= 0.3 is 0 Å². The van der Waals surface area contributed by atoms with Crippen LogP contribution in [0.25, 0.3) is 0 Å². The first-order valence-electron chi connectivity index (χ1n) is 2.53. The third-order valence-electron chi connectivity index (χ3n) is 0.596. The average Bonchev–Trinajstić information content (AvgIpc) is 1.27. The summed E-state index contributed by atoms with van der Waals surface area (Å²) in [6.45, 7) is 4.01. The molecule has 1 unspecified atom stereocenters. The predicted octanol–water partition coefficient (Wildman–Crippen LogP) is -0.130. The highest BCUT2D eigenvalue weighted by Gasteiger charge is 1.82. The number of rotatable bonds is 1. The van der Waals surface area contributed by atoms with Crippen LogP contribution in [0.3, 0.4) is 0 Å². The zero-order valence-corrected chi connectivity index (χ0v) is 5.23. The Hall–Kier alpha value is -0.235. The summed E-state index contributed by atoms with van der Waals surface area (Å²) >= 11 is 0. The lowest BCUT2D eigenvalue weighted by molar-refractivity contribution is 0.921. The van der Waals surface area contributed by atoms with E-state index in [4.69, 9.17) is 5.73 Å². The van der Waals surface area contributed by atoms with E-state index in [2.05, 4.69) is 0 Å². The van der Waals surface area contributed by atoms with Crippen LogP contribution in [0.2, 0.25) is 0 Å². The smallest absolute Gasteiger partial charge is 0.133 e. The van der Waals surface area contributed by atoms with Gasteiger partial charge in [0.05, 0.1) is 0 Å². The summed E-state index contributed by atoms with van der Waals surface area (Å²) in [5.41, 5.74) is 6.70. The molecule has 0 aromatic carbocycles. The Morgan fingerprint density at radius 3 is 2.29 bits per heavy atom. The molecule has 0 aliphatic heterocycles. The van der Waals surface area contributed by atoms with E-state index in [1.165, 1.54) is 5.47 Å². The van der Waals surface area contributed by atoms with Crippen LogP contribution in [0.1, 0.15) is 13.8 Å². The van der Waals surface area contributed by atoms with E-state index in [1.54, 1.807) is 0 Å². The second-order valence-electron chi connectivity index (χ2n) is 2.10. The van der Waals surface area contributed by atoms with Gasteiger partial charge in [-0.15, -0.1) is 5.47 Å². The first-order chi connectivity index (χ1) is 3.13. The largest absolute Gasteiger partial charge is 0.325 e. The van der Waals surface area contributed by atoms with Crippen molar-refractivity contribution in [3.05, 3.63) is 11.5 Å². The highest BCUT2D eigenvalue weighted by molar-refractivity contribution is 6.21. The maximum atomic E-state index is 5.42. The first-order valence-corrected chi connectivity index (χ1v) is 2.53. The predicted molar refractivity (Wildman–Crippen MR) is 36.0 cm³/mol. The fourth-order valence-electron chi connectivity index (χ4n) is 0.526. The summed E-state index contributed by atoms with van der Waals surface area (Å²) in [6.07, 6.45) is 2.03. The van der Waals surface area contributed by atoms with Crippen molar-refractivity contribution in [2.45, 2.75) is 19.9 Å². The van der Waals surface area contributed by atoms with E-state index >= 15 is 0 Å². The number of hydrogen-bond acceptors (Lipinski definition) is 1. The molecule has 0 spiro atoms. The van der Waals surface area contributed by atoms with E-state index in [-0.39, 0.29) is 6.04 Å². The Morgan fingerprint density at radius 1 is 1.86 bits per heavy atom. The molecule has 0 aromatic rings. The molecule has 0 saturated heterocycles. The minimum Gasteiger partial charge on any atom is -0.325 e. The van der Waals surface area contributed by atoms with Crippen LogP contribution in [0.4, 0.5) is 0 Å². The number of allylic oxidation sites excluding steroid dienone is 1. The maximum Gasteiger partial charge on any atom is 0.133 e. The van der Waals surface area contributed by atoms with E-state index < -0.39 is 0 Å². The maximum absolute atomic E-state index is 5.42. The molecule has 2 heteroatoms. The zero-order valence-electron chi connectivity index (χ0n) is 5.23. The third kappa shape index (κ3) is 5.76. The lowest BCUT2D eigenvalue weighted by Crippen LogP contribution is -2.11. The van der Waals surface area contributed by atoms with Gasteiger partial charge in [-0.1, -0.05) is 13.0 Å². The van der Waals surface area contributed by atoms with E-state index in [1.807, 2.05) is 27.8 Å². The van der Waals surface area contributed by atoms with Crippen molar-refractivity contribution in [2.75, 3.05) is 0 Å². The van der Waals surface area contributed by atoms with Gasteiger partial charge in [0.15, 0.2) is 0 Å². The number of nitrogens with two attached hydrogens (primary N) is 1. The van der Waals surface area contributed by atoms with Crippen molar-refractivity contribution in [1.82, 2.24) is 0 Å². The van der Waals surface area contributed by atoms with Gasteiger partial charge in [-0.2, -0.15) is 0 Å². The molecule has 7 heavy (non-hydrogen) atoms. The molecule has 0 radical (unpaired) electrons. The Bertz CT molecular complexity index is 72.1. The summed E-state index contributed by atoms with van der Waals surface area (Å²) in [7, 11) is 2.04. The quantitative estimate of drug-likeness (QED) is 0.453. The van der Waals surface area contributed by atoms with Crippen LogP contribution >= 0.6 is 0 Å². The van der Waals surface area contributed by atoms with Gasteiger partial charge < -0.3 is 5.73 Å². The van der Waals surface area contributed by atoms with Gasteiger partial charge in [0.2, 0.25) is 0 Å². The normalized spacial score (nSPS) is 16.7. The van der Waals surface area contributed by atoms with Crippen molar-refractivity contribution < 1.29 is 0 Å². The van der Waals surface area contributed by atoms with Crippen LogP contribution in [-0.4, -0.2) is 13.9 Å². The zero-order chi connectivity index (χ0) is 5.86. The molecule has 0 aliphatic rings.